The van der Waals surface area contributed by atoms with Crippen molar-refractivity contribution >= 4 is 27.5 Å². The van der Waals surface area contributed by atoms with E-state index in [1.807, 2.05) is 30.3 Å². The van der Waals surface area contributed by atoms with Crippen molar-refractivity contribution in [1.82, 2.24) is 9.21 Å². The van der Waals surface area contributed by atoms with Gasteiger partial charge >= 0.3 is 0 Å². The normalized spacial score (nSPS) is 11.6. The van der Waals surface area contributed by atoms with Gasteiger partial charge in [-0.1, -0.05) is 41.9 Å². The largest absolute Gasteiger partial charge is 0.395 e. The Morgan fingerprint density at radius 2 is 1.77 bits per heavy atom. The van der Waals surface area contributed by atoms with Crippen LogP contribution < -0.4 is 0 Å². The van der Waals surface area contributed by atoms with E-state index < -0.39 is 10.0 Å². The molecule has 140 valence electrons. The highest BCUT2D eigenvalue weighted by atomic mass is 35.5. The van der Waals surface area contributed by atoms with Gasteiger partial charge in [-0.3, -0.25) is 4.79 Å². The molecule has 0 saturated heterocycles. The number of benzene rings is 2. The Bertz CT molecular complexity index is 870. The van der Waals surface area contributed by atoms with E-state index in [1.165, 1.54) is 37.2 Å². The zero-order valence-electron chi connectivity index (χ0n) is 14.6. The summed E-state index contributed by atoms with van der Waals surface area (Å²) in [7, 11) is -0.986. The van der Waals surface area contributed by atoms with Crippen LogP contribution in [0.3, 0.4) is 0 Å². The maximum Gasteiger partial charge on any atom is 0.254 e. The van der Waals surface area contributed by atoms with Crippen LogP contribution in [0, 0.1) is 0 Å². The summed E-state index contributed by atoms with van der Waals surface area (Å²) < 4.78 is 25.8. The van der Waals surface area contributed by atoms with E-state index in [-0.39, 0.29) is 34.5 Å². The van der Waals surface area contributed by atoms with Gasteiger partial charge in [-0.2, -0.15) is 0 Å². The van der Waals surface area contributed by atoms with Crippen LogP contribution in [-0.2, 0) is 16.6 Å². The van der Waals surface area contributed by atoms with Gasteiger partial charge in [0.25, 0.3) is 5.91 Å². The summed E-state index contributed by atoms with van der Waals surface area (Å²) in [6.45, 7) is 0.236. The van der Waals surface area contributed by atoms with Crippen molar-refractivity contribution in [3.63, 3.8) is 0 Å². The molecule has 2 rings (SSSR count). The van der Waals surface area contributed by atoms with E-state index in [4.69, 9.17) is 11.6 Å². The van der Waals surface area contributed by atoms with Crippen LogP contribution in [0.25, 0.3) is 0 Å². The summed E-state index contributed by atoms with van der Waals surface area (Å²) in [5.41, 5.74) is 1.10. The number of hydrogen-bond acceptors (Lipinski definition) is 4. The van der Waals surface area contributed by atoms with Gasteiger partial charge in [0.1, 0.15) is 4.90 Å². The predicted molar refractivity (Wildman–Crippen MR) is 101 cm³/mol. The summed E-state index contributed by atoms with van der Waals surface area (Å²) in [4.78, 5) is 14.2. The third kappa shape index (κ3) is 4.62. The van der Waals surface area contributed by atoms with Crippen LogP contribution in [0.5, 0.6) is 0 Å². The van der Waals surface area contributed by atoms with E-state index in [2.05, 4.69) is 0 Å². The van der Waals surface area contributed by atoms with Crippen LogP contribution >= 0.6 is 11.6 Å². The first-order chi connectivity index (χ1) is 12.3. The summed E-state index contributed by atoms with van der Waals surface area (Å²) in [6, 6.07) is 13.5. The van der Waals surface area contributed by atoms with Crippen molar-refractivity contribution in [3.05, 3.63) is 64.7 Å². The zero-order valence-corrected chi connectivity index (χ0v) is 16.2. The lowest BCUT2D eigenvalue weighted by atomic mass is 10.1. The van der Waals surface area contributed by atoms with Crippen LogP contribution in [0.4, 0.5) is 0 Å². The molecule has 0 saturated carbocycles. The van der Waals surface area contributed by atoms with Gasteiger partial charge in [0, 0.05) is 32.7 Å². The number of aliphatic hydroxyl groups is 1. The minimum absolute atomic E-state index is 0.0482. The van der Waals surface area contributed by atoms with E-state index in [0.717, 1.165) is 9.87 Å². The number of amides is 1. The molecule has 0 atom stereocenters. The van der Waals surface area contributed by atoms with Crippen LogP contribution in [0.2, 0.25) is 5.02 Å². The third-order valence-corrected chi connectivity index (χ3v) is 6.11. The number of aliphatic hydroxyl groups excluding tert-OH is 1. The molecule has 0 aromatic heterocycles. The molecule has 0 fully saturated rings. The Labute approximate surface area is 158 Å². The van der Waals surface area contributed by atoms with Crippen molar-refractivity contribution in [2.75, 3.05) is 27.2 Å². The molecule has 0 bridgehead atoms. The number of carbonyl (C=O) groups excluding carboxylic acids is 1. The molecule has 0 aliphatic heterocycles. The van der Waals surface area contributed by atoms with Gasteiger partial charge in [0.2, 0.25) is 10.0 Å². The fourth-order valence-corrected chi connectivity index (χ4v) is 3.78. The molecule has 0 radical (unpaired) electrons. The molecular formula is C18H21ClN2O4S. The van der Waals surface area contributed by atoms with Crippen molar-refractivity contribution in [2.45, 2.75) is 11.4 Å². The number of carbonyl (C=O) groups is 1. The Kier molecular flexibility index (Phi) is 6.77. The van der Waals surface area contributed by atoms with Gasteiger partial charge in [-0.05, 0) is 23.8 Å². The molecule has 26 heavy (non-hydrogen) atoms. The molecule has 0 unspecified atom stereocenters. The zero-order chi connectivity index (χ0) is 19.3. The average molecular weight is 397 g/mol. The summed E-state index contributed by atoms with van der Waals surface area (Å²) in [5, 5.41) is 9.34. The number of nitrogens with zero attached hydrogens (tertiary/aromatic N) is 2. The van der Waals surface area contributed by atoms with Crippen molar-refractivity contribution < 1.29 is 18.3 Å². The fraction of sp³-hybridized carbons (Fsp3) is 0.278. The number of rotatable bonds is 7. The number of sulfonamides is 1. The van der Waals surface area contributed by atoms with Crippen molar-refractivity contribution in [3.8, 4) is 0 Å². The van der Waals surface area contributed by atoms with Crippen LogP contribution in [0.15, 0.2) is 53.4 Å². The SMILES string of the molecule is CN(C)S(=O)(=O)c1cc(C(=O)N(CCO)Cc2ccccc2)ccc1Cl. The molecule has 0 spiro atoms. The first-order valence-corrected chi connectivity index (χ1v) is 9.75. The smallest absolute Gasteiger partial charge is 0.254 e. The second kappa shape index (κ2) is 8.64. The highest BCUT2D eigenvalue weighted by Crippen LogP contribution is 2.25. The van der Waals surface area contributed by atoms with Crippen LogP contribution in [0.1, 0.15) is 15.9 Å². The van der Waals surface area contributed by atoms with Gasteiger partial charge in [-0.25, -0.2) is 12.7 Å². The Balaban J connectivity index is 2.37. The molecular weight excluding hydrogens is 376 g/mol. The summed E-state index contributed by atoms with van der Waals surface area (Å²) >= 11 is 6.03. The first kappa shape index (κ1) is 20.4. The average Bonchev–Trinajstić information content (AvgIpc) is 2.61. The maximum absolute atomic E-state index is 12.9. The lowest BCUT2D eigenvalue weighted by molar-refractivity contribution is 0.0707. The number of hydrogen-bond donors (Lipinski definition) is 1. The fourth-order valence-electron chi connectivity index (χ4n) is 2.39. The minimum atomic E-state index is -3.78. The molecule has 0 aliphatic rings. The molecule has 0 heterocycles. The molecule has 2 aromatic carbocycles. The topological polar surface area (TPSA) is 77.9 Å². The highest BCUT2D eigenvalue weighted by molar-refractivity contribution is 7.89. The van der Waals surface area contributed by atoms with Crippen LogP contribution in [-0.4, -0.2) is 55.9 Å². The van der Waals surface area contributed by atoms with Gasteiger partial charge < -0.3 is 10.0 Å². The highest BCUT2D eigenvalue weighted by Gasteiger charge is 2.24. The Morgan fingerprint density at radius 1 is 1.12 bits per heavy atom. The van der Waals surface area contributed by atoms with Gasteiger partial charge in [-0.15, -0.1) is 0 Å². The molecule has 2 aromatic rings. The maximum atomic E-state index is 12.9. The van der Waals surface area contributed by atoms with Crippen molar-refractivity contribution in [2.24, 2.45) is 0 Å². The Morgan fingerprint density at radius 3 is 2.35 bits per heavy atom. The number of halogens is 1. The predicted octanol–water partition coefficient (Wildman–Crippen LogP) is 2.22. The first-order valence-electron chi connectivity index (χ1n) is 7.93. The quantitative estimate of drug-likeness (QED) is 0.778. The second-order valence-electron chi connectivity index (χ2n) is 5.87. The Hall–Kier alpha value is -1.93. The van der Waals surface area contributed by atoms with Crippen molar-refractivity contribution in [1.29, 1.82) is 0 Å². The monoisotopic (exact) mass is 396 g/mol. The molecule has 1 N–H and O–H groups in total. The lowest BCUT2D eigenvalue weighted by Gasteiger charge is -2.22. The van der Waals surface area contributed by atoms with E-state index >= 15 is 0 Å². The van der Waals surface area contributed by atoms with E-state index in [0.29, 0.717) is 6.54 Å². The van der Waals surface area contributed by atoms with Gasteiger partial charge in [0.05, 0.1) is 11.6 Å². The lowest BCUT2D eigenvalue weighted by Crippen LogP contribution is -2.33. The molecule has 6 nitrogen and oxygen atoms in total. The van der Waals surface area contributed by atoms with E-state index in [1.54, 1.807) is 0 Å². The summed E-state index contributed by atoms with van der Waals surface area (Å²) in [6.07, 6.45) is 0. The molecule has 0 aliphatic carbocycles. The van der Waals surface area contributed by atoms with E-state index in [9.17, 15) is 18.3 Å². The minimum Gasteiger partial charge on any atom is -0.395 e. The third-order valence-electron chi connectivity index (χ3n) is 3.81. The second-order valence-corrected chi connectivity index (χ2v) is 8.40. The molecule has 8 heteroatoms. The molecule has 1 amide bonds. The van der Waals surface area contributed by atoms with Gasteiger partial charge in [0.15, 0.2) is 0 Å². The standard InChI is InChI=1S/C18H21ClN2O4S/c1-20(2)26(24,25)17-12-15(8-9-16(17)19)18(23)21(10-11-22)13-14-6-4-3-5-7-14/h3-9,12,22H,10-11,13H2,1-2H3. The summed E-state index contributed by atoms with van der Waals surface area (Å²) in [5.74, 6) is -0.380.